The molecule has 1 saturated heterocycles. The van der Waals surface area contributed by atoms with Crippen LogP contribution in [-0.4, -0.2) is 45.6 Å². The molecule has 1 N–H and O–H groups in total. The van der Waals surface area contributed by atoms with Gasteiger partial charge in [-0.25, -0.2) is 9.97 Å². The molecule has 4 rings (SSSR count). The van der Waals surface area contributed by atoms with Crippen molar-refractivity contribution in [2.24, 2.45) is 0 Å². The third-order valence-electron chi connectivity index (χ3n) is 5.59. The highest BCUT2D eigenvalue weighted by molar-refractivity contribution is 7.17. The lowest BCUT2D eigenvalue weighted by atomic mass is 9.97. The molecule has 1 aromatic carbocycles. The monoisotopic (exact) mass is 502 g/mol. The molecule has 1 aliphatic rings. The molecule has 0 unspecified atom stereocenters. The van der Waals surface area contributed by atoms with Crippen LogP contribution in [0.25, 0.3) is 0 Å². The number of aryl methyl sites for hydroxylation is 1. The highest BCUT2D eigenvalue weighted by Crippen LogP contribution is 2.31. The Kier molecular flexibility index (Phi) is 7.21. The van der Waals surface area contributed by atoms with Gasteiger partial charge >= 0.3 is 0 Å². The molecule has 0 radical (unpaired) electrons. The van der Waals surface area contributed by atoms with E-state index in [2.05, 4.69) is 15.3 Å². The first-order valence-electron chi connectivity index (χ1n) is 10.6. The number of ketones is 1. The second-order valence-electron chi connectivity index (χ2n) is 7.94. The largest absolute Gasteiger partial charge is 0.342 e. The van der Waals surface area contributed by atoms with Crippen LogP contribution < -0.4 is 5.32 Å². The number of likely N-dealkylation sites (tertiary alicyclic amines) is 1. The number of carbonyl (C=O) groups excluding carboxylic acids is 3. The molecule has 2 aromatic heterocycles. The number of halogens is 1. The number of carbonyl (C=O) groups is 3. The van der Waals surface area contributed by atoms with Crippen molar-refractivity contribution in [2.45, 2.75) is 39.0 Å². The summed E-state index contributed by atoms with van der Waals surface area (Å²) in [7, 11) is 0. The van der Waals surface area contributed by atoms with Crippen LogP contribution in [0.3, 0.4) is 0 Å². The van der Waals surface area contributed by atoms with E-state index in [9.17, 15) is 14.4 Å². The summed E-state index contributed by atoms with van der Waals surface area (Å²) in [6.07, 6.45) is 1.90. The van der Waals surface area contributed by atoms with Gasteiger partial charge in [0.2, 0.25) is 5.91 Å². The number of nitrogens with zero attached hydrogens (tertiary/aromatic N) is 3. The summed E-state index contributed by atoms with van der Waals surface area (Å²) >= 11 is 8.81. The van der Waals surface area contributed by atoms with Gasteiger partial charge < -0.3 is 4.90 Å². The van der Waals surface area contributed by atoms with E-state index >= 15 is 0 Å². The van der Waals surface area contributed by atoms with Crippen LogP contribution >= 0.6 is 34.3 Å². The number of thiazole rings is 2. The van der Waals surface area contributed by atoms with Gasteiger partial charge in [0.1, 0.15) is 5.69 Å². The Balaban J connectivity index is 1.32. The molecule has 1 aliphatic heterocycles. The smallest absolute Gasteiger partial charge is 0.276 e. The molecule has 0 atom stereocenters. The normalized spacial score (nSPS) is 14.3. The predicted molar refractivity (Wildman–Crippen MR) is 131 cm³/mol. The average molecular weight is 503 g/mol. The van der Waals surface area contributed by atoms with Crippen LogP contribution in [0, 0.1) is 6.92 Å². The van der Waals surface area contributed by atoms with E-state index in [1.54, 1.807) is 18.4 Å². The quantitative estimate of drug-likeness (QED) is 0.481. The van der Waals surface area contributed by atoms with Crippen LogP contribution in [0.15, 0.2) is 29.6 Å². The molecule has 0 aliphatic carbocycles. The maximum atomic E-state index is 12.7. The van der Waals surface area contributed by atoms with Crippen molar-refractivity contribution in [2.75, 3.05) is 18.4 Å². The Morgan fingerprint density at radius 2 is 1.91 bits per heavy atom. The Labute approximate surface area is 204 Å². The van der Waals surface area contributed by atoms with Gasteiger partial charge in [0, 0.05) is 36.3 Å². The van der Waals surface area contributed by atoms with Gasteiger partial charge in [-0.1, -0.05) is 41.1 Å². The molecular weight excluding hydrogens is 480 g/mol. The number of Topliss-reactive ketones (excluding diaryl/α,β-unsaturated/α-hetero) is 1. The van der Waals surface area contributed by atoms with E-state index in [0.29, 0.717) is 45.9 Å². The summed E-state index contributed by atoms with van der Waals surface area (Å²) in [4.78, 5) is 48.1. The molecule has 0 saturated carbocycles. The van der Waals surface area contributed by atoms with Crippen molar-refractivity contribution in [1.29, 1.82) is 0 Å². The summed E-state index contributed by atoms with van der Waals surface area (Å²) < 4.78 is 0. The minimum Gasteiger partial charge on any atom is -0.342 e. The van der Waals surface area contributed by atoms with Crippen LogP contribution in [0.2, 0.25) is 5.02 Å². The first-order valence-corrected chi connectivity index (χ1v) is 12.7. The Bertz CT molecular complexity index is 1200. The van der Waals surface area contributed by atoms with Gasteiger partial charge in [0.05, 0.1) is 22.0 Å². The Hall–Kier alpha value is -2.62. The van der Waals surface area contributed by atoms with E-state index in [1.807, 2.05) is 23.1 Å². The fraction of sp³-hybridized carbons (Fsp3) is 0.348. The highest BCUT2D eigenvalue weighted by atomic mass is 35.5. The first-order chi connectivity index (χ1) is 15.8. The molecule has 3 aromatic rings. The zero-order valence-corrected chi connectivity index (χ0v) is 20.6. The molecule has 0 bridgehead atoms. The topological polar surface area (TPSA) is 92.3 Å². The Morgan fingerprint density at radius 1 is 1.18 bits per heavy atom. The van der Waals surface area contributed by atoms with Gasteiger partial charge in [0.15, 0.2) is 10.9 Å². The van der Waals surface area contributed by atoms with E-state index in [-0.39, 0.29) is 23.5 Å². The zero-order chi connectivity index (χ0) is 23.5. The molecule has 2 amide bonds. The molecular formula is C23H23ClN4O3S2. The van der Waals surface area contributed by atoms with E-state index in [4.69, 9.17) is 11.6 Å². The van der Waals surface area contributed by atoms with Crippen LogP contribution in [0.1, 0.15) is 62.1 Å². The maximum Gasteiger partial charge on any atom is 0.276 e. The highest BCUT2D eigenvalue weighted by Gasteiger charge is 2.27. The summed E-state index contributed by atoms with van der Waals surface area (Å²) in [5.74, 6) is -0.122. The second kappa shape index (κ2) is 10.1. The fourth-order valence-electron chi connectivity index (χ4n) is 3.81. The molecule has 7 nitrogen and oxygen atoms in total. The summed E-state index contributed by atoms with van der Waals surface area (Å²) in [5.41, 5.74) is 1.79. The first kappa shape index (κ1) is 23.5. The third kappa shape index (κ3) is 5.48. The minimum atomic E-state index is -0.339. The zero-order valence-electron chi connectivity index (χ0n) is 18.3. The SMILES string of the molecule is CC(=O)c1sc(NC(=O)c2csc(C3CCN(C(=O)Cc4ccccc4Cl)CC3)n2)nc1C. The lowest BCUT2D eigenvalue weighted by molar-refractivity contribution is -0.131. The van der Waals surface area contributed by atoms with E-state index < -0.39 is 0 Å². The number of anilines is 1. The standard InChI is InChI=1S/C23H23ClN4O3S2/c1-13-20(14(2)29)33-23(25-13)27-21(31)18-12-32-22(26-18)15-7-9-28(10-8-15)19(30)11-16-5-3-4-6-17(16)24/h3-6,12,15H,7-11H2,1-2H3,(H,25,27,31). The number of piperidine rings is 1. The van der Waals surface area contributed by atoms with Gasteiger partial charge in [-0.2, -0.15) is 0 Å². The number of hydrogen-bond donors (Lipinski definition) is 1. The molecule has 3 heterocycles. The average Bonchev–Trinajstić information content (AvgIpc) is 3.42. The number of hydrogen-bond acceptors (Lipinski definition) is 7. The van der Waals surface area contributed by atoms with Crippen molar-refractivity contribution in [3.05, 3.63) is 61.5 Å². The molecule has 33 heavy (non-hydrogen) atoms. The van der Waals surface area contributed by atoms with E-state index in [0.717, 1.165) is 23.4 Å². The van der Waals surface area contributed by atoms with Gasteiger partial charge in [-0.15, -0.1) is 11.3 Å². The second-order valence-corrected chi connectivity index (χ2v) is 10.2. The Morgan fingerprint density at radius 3 is 2.58 bits per heavy atom. The molecule has 10 heteroatoms. The van der Waals surface area contributed by atoms with Gasteiger partial charge in [-0.05, 0) is 31.4 Å². The lowest BCUT2D eigenvalue weighted by Crippen LogP contribution is -2.38. The molecule has 172 valence electrons. The number of amides is 2. The van der Waals surface area contributed by atoms with Crippen LogP contribution in [0.5, 0.6) is 0 Å². The van der Waals surface area contributed by atoms with Crippen molar-refractivity contribution >= 4 is 57.0 Å². The maximum absolute atomic E-state index is 12.7. The van der Waals surface area contributed by atoms with Crippen LogP contribution in [0.4, 0.5) is 5.13 Å². The van der Waals surface area contributed by atoms with Crippen molar-refractivity contribution in [3.8, 4) is 0 Å². The molecule has 0 spiro atoms. The molecule has 1 fully saturated rings. The summed E-state index contributed by atoms with van der Waals surface area (Å²) in [6, 6.07) is 7.41. The number of nitrogens with one attached hydrogen (secondary N) is 1. The number of aromatic nitrogens is 2. The van der Waals surface area contributed by atoms with Crippen molar-refractivity contribution < 1.29 is 14.4 Å². The fourth-order valence-corrected chi connectivity index (χ4v) is 5.84. The van der Waals surface area contributed by atoms with Crippen LogP contribution in [-0.2, 0) is 11.2 Å². The lowest BCUT2D eigenvalue weighted by Gasteiger charge is -2.31. The third-order valence-corrected chi connectivity index (χ3v) is 8.14. The van der Waals surface area contributed by atoms with Crippen molar-refractivity contribution in [3.63, 3.8) is 0 Å². The number of benzene rings is 1. The van der Waals surface area contributed by atoms with Gasteiger partial charge in [0.25, 0.3) is 5.91 Å². The van der Waals surface area contributed by atoms with Gasteiger partial charge in [-0.3, -0.25) is 19.7 Å². The predicted octanol–water partition coefficient (Wildman–Crippen LogP) is 4.97. The summed E-state index contributed by atoms with van der Waals surface area (Å²) in [6.45, 7) is 4.53. The summed E-state index contributed by atoms with van der Waals surface area (Å²) in [5, 5.41) is 6.38. The number of rotatable bonds is 6. The van der Waals surface area contributed by atoms with E-state index in [1.165, 1.54) is 29.6 Å². The van der Waals surface area contributed by atoms with Crippen molar-refractivity contribution in [1.82, 2.24) is 14.9 Å². The minimum absolute atomic E-state index is 0.0712.